The average molecular weight is 255 g/mol. The second-order valence-corrected chi connectivity index (χ2v) is 4.54. The van der Waals surface area contributed by atoms with Crippen LogP contribution in [0.15, 0.2) is 18.2 Å². The van der Waals surface area contributed by atoms with E-state index < -0.39 is 0 Å². The van der Waals surface area contributed by atoms with Crippen LogP contribution in [-0.2, 0) is 4.79 Å². The molecule has 1 N–H and O–H groups in total. The number of rotatable bonds is 2. The van der Waals surface area contributed by atoms with Crippen molar-refractivity contribution in [1.29, 1.82) is 0 Å². The maximum Gasteiger partial charge on any atom is 0.232 e. The molecule has 1 aliphatic heterocycles. The molecule has 0 radical (unpaired) electrons. The first-order valence-corrected chi connectivity index (χ1v) is 5.65. The third-order valence-electron chi connectivity index (χ3n) is 3.17. The molecular weight excluding hydrogens is 236 g/mol. The minimum Gasteiger partial charge on any atom is -0.315 e. The van der Waals surface area contributed by atoms with Crippen molar-refractivity contribution in [3.05, 3.63) is 29.3 Å². The van der Waals surface area contributed by atoms with E-state index in [4.69, 9.17) is 0 Å². The zero-order chi connectivity index (χ0) is 11.7. The van der Waals surface area contributed by atoms with E-state index in [1.807, 2.05) is 26.1 Å². The van der Waals surface area contributed by atoms with Gasteiger partial charge in [-0.3, -0.25) is 4.79 Å². The molecule has 0 aliphatic carbocycles. The molecule has 3 nitrogen and oxygen atoms in total. The molecule has 2 rings (SSSR count). The highest BCUT2D eigenvalue weighted by Gasteiger charge is 2.28. The Morgan fingerprint density at radius 1 is 1.35 bits per heavy atom. The summed E-state index contributed by atoms with van der Waals surface area (Å²) in [7, 11) is 1.86. The average Bonchev–Trinajstić information content (AvgIpc) is 2.14. The topological polar surface area (TPSA) is 32.3 Å². The smallest absolute Gasteiger partial charge is 0.232 e. The third-order valence-corrected chi connectivity index (χ3v) is 3.17. The van der Waals surface area contributed by atoms with E-state index in [1.54, 1.807) is 4.90 Å². The highest BCUT2D eigenvalue weighted by atomic mass is 35.5. The molecular formula is C13H19ClN2O. The Morgan fingerprint density at radius 3 is 2.47 bits per heavy atom. The van der Waals surface area contributed by atoms with Gasteiger partial charge in [0.1, 0.15) is 0 Å². The molecule has 0 saturated carbocycles. The van der Waals surface area contributed by atoms with Gasteiger partial charge < -0.3 is 10.2 Å². The number of halogens is 1. The first-order valence-electron chi connectivity index (χ1n) is 5.65. The van der Waals surface area contributed by atoms with Crippen LogP contribution < -0.4 is 10.2 Å². The van der Waals surface area contributed by atoms with Gasteiger partial charge in [-0.25, -0.2) is 0 Å². The number of anilines is 1. The highest BCUT2D eigenvalue weighted by Crippen LogP contribution is 2.22. The molecule has 0 atom stereocenters. The second-order valence-electron chi connectivity index (χ2n) is 4.54. The van der Waals surface area contributed by atoms with Crippen LogP contribution in [0.5, 0.6) is 0 Å². The molecule has 1 aliphatic rings. The number of benzene rings is 1. The minimum absolute atomic E-state index is 0. The van der Waals surface area contributed by atoms with Crippen LogP contribution in [0.2, 0.25) is 0 Å². The standard InChI is InChI=1S/C13H18N2O.ClH/c1-9-4-5-12(10(2)6-9)15(3)13(16)11-7-14-8-11;/h4-6,11,14H,7-8H2,1-3H3;1H. The Balaban J connectivity index is 0.00000144. The van der Waals surface area contributed by atoms with Gasteiger partial charge in [0.25, 0.3) is 0 Å². The molecule has 17 heavy (non-hydrogen) atoms. The molecule has 1 heterocycles. The molecule has 1 fully saturated rings. The van der Waals surface area contributed by atoms with Gasteiger partial charge in [-0.1, -0.05) is 17.7 Å². The fourth-order valence-corrected chi connectivity index (χ4v) is 2.04. The van der Waals surface area contributed by atoms with Crippen LogP contribution >= 0.6 is 12.4 Å². The largest absolute Gasteiger partial charge is 0.315 e. The molecule has 1 aromatic carbocycles. The predicted molar refractivity (Wildman–Crippen MR) is 72.9 cm³/mol. The normalized spacial score (nSPS) is 14.8. The van der Waals surface area contributed by atoms with Crippen LogP contribution in [0.1, 0.15) is 11.1 Å². The lowest BCUT2D eigenvalue weighted by Crippen LogP contribution is -2.51. The maximum atomic E-state index is 12.0. The van der Waals surface area contributed by atoms with E-state index in [0.717, 1.165) is 24.3 Å². The summed E-state index contributed by atoms with van der Waals surface area (Å²) < 4.78 is 0. The molecule has 0 bridgehead atoms. The number of carbonyl (C=O) groups excluding carboxylic acids is 1. The van der Waals surface area contributed by atoms with Crippen molar-refractivity contribution in [2.45, 2.75) is 13.8 Å². The van der Waals surface area contributed by atoms with Gasteiger partial charge in [-0.2, -0.15) is 0 Å². The number of amides is 1. The van der Waals surface area contributed by atoms with Gasteiger partial charge in [0.2, 0.25) is 5.91 Å². The SMILES string of the molecule is Cc1ccc(N(C)C(=O)C2CNC2)c(C)c1.Cl. The Labute approximate surface area is 109 Å². The van der Waals surface area contributed by atoms with E-state index in [9.17, 15) is 4.79 Å². The van der Waals surface area contributed by atoms with E-state index in [2.05, 4.69) is 18.3 Å². The monoisotopic (exact) mass is 254 g/mol. The first-order chi connectivity index (χ1) is 7.59. The van der Waals surface area contributed by atoms with Crippen LogP contribution in [0, 0.1) is 19.8 Å². The first kappa shape index (κ1) is 14.0. The Kier molecular flexibility index (Phi) is 4.54. The summed E-state index contributed by atoms with van der Waals surface area (Å²) in [5.74, 6) is 0.372. The third kappa shape index (κ3) is 2.79. The maximum absolute atomic E-state index is 12.0. The molecule has 0 aromatic heterocycles. The fraction of sp³-hybridized carbons (Fsp3) is 0.462. The van der Waals surface area contributed by atoms with Crippen LogP contribution in [0.4, 0.5) is 5.69 Å². The number of nitrogens with one attached hydrogen (secondary N) is 1. The molecule has 1 aromatic rings. The number of nitrogens with zero attached hydrogens (tertiary/aromatic N) is 1. The Morgan fingerprint density at radius 2 is 2.00 bits per heavy atom. The Bertz CT molecular complexity index is 416. The number of aryl methyl sites for hydroxylation is 2. The zero-order valence-corrected chi connectivity index (χ0v) is 11.3. The fourth-order valence-electron chi connectivity index (χ4n) is 2.04. The van der Waals surface area contributed by atoms with Gasteiger partial charge in [0.05, 0.1) is 5.92 Å². The molecule has 94 valence electrons. The molecule has 4 heteroatoms. The van der Waals surface area contributed by atoms with Gasteiger partial charge >= 0.3 is 0 Å². The van der Waals surface area contributed by atoms with Crippen molar-refractivity contribution < 1.29 is 4.79 Å². The quantitative estimate of drug-likeness (QED) is 0.875. The van der Waals surface area contributed by atoms with Crippen molar-refractivity contribution in [3.8, 4) is 0 Å². The highest BCUT2D eigenvalue weighted by molar-refractivity contribution is 5.96. The van der Waals surface area contributed by atoms with Crippen molar-refractivity contribution in [2.24, 2.45) is 5.92 Å². The van der Waals surface area contributed by atoms with Crippen molar-refractivity contribution in [1.82, 2.24) is 5.32 Å². The van der Waals surface area contributed by atoms with E-state index in [0.29, 0.717) is 0 Å². The predicted octanol–water partition coefficient (Wildman–Crippen LogP) is 1.91. The lowest BCUT2D eigenvalue weighted by atomic mass is 10.0. The van der Waals surface area contributed by atoms with Crippen LogP contribution in [-0.4, -0.2) is 26.0 Å². The van der Waals surface area contributed by atoms with Crippen molar-refractivity contribution >= 4 is 24.0 Å². The summed E-state index contributed by atoms with van der Waals surface area (Å²) in [5.41, 5.74) is 3.40. The molecule has 1 saturated heterocycles. The lowest BCUT2D eigenvalue weighted by Gasteiger charge is -2.31. The van der Waals surface area contributed by atoms with Crippen LogP contribution in [0.3, 0.4) is 0 Å². The summed E-state index contributed by atoms with van der Waals surface area (Å²) in [4.78, 5) is 13.8. The summed E-state index contributed by atoms with van der Waals surface area (Å²) in [6.45, 7) is 5.74. The number of carbonyl (C=O) groups is 1. The Hall–Kier alpha value is -1.06. The van der Waals surface area contributed by atoms with Crippen molar-refractivity contribution in [2.75, 3.05) is 25.0 Å². The summed E-state index contributed by atoms with van der Waals surface area (Å²) in [6.07, 6.45) is 0. The van der Waals surface area contributed by atoms with E-state index in [-0.39, 0.29) is 24.2 Å². The number of hydrogen-bond donors (Lipinski definition) is 1. The van der Waals surface area contributed by atoms with Gasteiger partial charge in [-0.05, 0) is 25.5 Å². The number of hydrogen-bond acceptors (Lipinski definition) is 2. The zero-order valence-electron chi connectivity index (χ0n) is 10.5. The summed E-state index contributed by atoms with van der Waals surface area (Å²) in [6, 6.07) is 6.18. The molecule has 0 unspecified atom stereocenters. The second kappa shape index (κ2) is 5.52. The minimum atomic E-state index is 0. The molecule has 1 amide bonds. The lowest BCUT2D eigenvalue weighted by molar-refractivity contribution is -0.123. The summed E-state index contributed by atoms with van der Waals surface area (Å²) >= 11 is 0. The van der Waals surface area contributed by atoms with Gasteiger partial charge in [-0.15, -0.1) is 12.4 Å². The van der Waals surface area contributed by atoms with Crippen molar-refractivity contribution in [3.63, 3.8) is 0 Å². The van der Waals surface area contributed by atoms with E-state index >= 15 is 0 Å². The van der Waals surface area contributed by atoms with Gasteiger partial charge in [0.15, 0.2) is 0 Å². The summed E-state index contributed by atoms with van der Waals surface area (Å²) in [5, 5.41) is 3.12. The molecule has 0 spiro atoms. The van der Waals surface area contributed by atoms with Gasteiger partial charge in [0, 0.05) is 25.8 Å². The van der Waals surface area contributed by atoms with E-state index in [1.165, 1.54) is 5.56 Å². The van der Waals surface area contributed by atoms with Crippen LogP contribution in [0.25, 0.3) is 0 Å².